The van der Waals surface area contributed by atoms with Crippen LogP contribution in [0.3, 0.4) is 0 Å². The van der Waals surface area contributed by atoms with E-state index in [9.17, 15) is 9.59 Å². The highest BCUT2D eigenvalue weighted by Crippen LogP contribution is 2.34. The lowest BCUT2D eigenvalue weighted by Crippen LogP contribution is -2.15. The van der Waals surface area contributed by atoms with Crippen LogP contribution < -0.4 is 0 Å². The van der Waals surface area contributed by atoms with Gasteiger partial charge in [-0.05, 0) is 23.8 Å². The van der Waals surface area contributed by atoms with E-state index in [0.29, 0.717) is 21.7 Å². The van der Waals surface area contributed by atoms with Gasteiger partial charge in [0, 0.05) is 16.1 Å². The van der Waals surface area contributed by atoms with Crippen LogP contribution in [0.15, 0.2) is 47.5 Å². The van der Waals surface area contributed by atoms with E-state index in [1.807, 2.05) is 0 Å². The van der Waals surface area contributed by atoms with Gasteiger partial charge < -0.3 is 4.74 Å². The van der Waals surface area contributed by atoms with Crippen LogP contribution >= 0.6 is 23.2 Å². The number of methoxy groups -OCH3 is 1. The van der Waals surface area contributed by atoms with E-state index in [2.05, 4.69) is 4.99 Å². The van der Waals surface area contributed by atoms with Crippen molar-refractivity contribution in [2.45, 2.75) is 6.04 Å². The van der Waals surface area contributed by atoms with Gasteiger partial charge in [-0.15, -0.1) is 0 Å². The quantitative estimate of drug-likeness (QED) is 0.625. The molecule has 2 aromatic rings. The van der Waals surface area contributed by atoms with Gasteiger partial charge in [-0.3, -0.25) is 9.79 Å². The predicted molar refractivity (Wildman–Crippen MR) is 88.5 cm³/mol. The zero-order valence-corrected chi connectivity index (χ0v) is 13.6. The van der Waals surface area contributed by atoms with Crippen LogP contribution in [0.4, 0.5) is 0 Å². The topological polar surface area (TPSA) is 55.7 Å². The molecule has 23 heavy (non-hydrogen) atoms. The first-order chi connectivity index (χ1) is 11.0. The molecule has 1 aliphatic rings. The van der Waals surface area contributed by atoms with Crippen molar-refractivity contribution in [1.82, 2.24) is 0 Å². The Bertz CT molecular complexity index is 845. The molecule has 0 aromatic heterocycles. The van der Waals surface area contributed by atoms with Gasteiger partial charge in [0.1, 0.15) is 6.04 Å². The summed E-state index contributed by atoms with van der Waals surface area (Å²) in [5.41, 5.74) is 1.71. The first-order valence-corrected chi connectivity index (χ1v) is 7.53. The Labute approximate surface area is 142 Å². The number of esters is 1. The van der Waals surface area contributed by atoms with Gasteiger partial charge in [-0.25, -0.2) is 4.79 Å². The lowest BCUT2D eigenvalue weighted by Gasteiger charge is -2.10. The number of aliphatic imine (C=N–C) groups is 1. The van der Waals surface area contributed by atoms with Crippen molar-refractivity contribution in [1.29, 1.82) is 0 Å². The number of hydrogen-bond acceptors (Lipinski definition) is 4. The first-order valence-electron chi connectivity index (χ1n) is 6.77. The minimum absolute atomic E-state index is 0.145. The van der Waals surface area contributed by atoms with E-state index < -0.39 is 12.0 Å². The zero-order valence-electron chi connectivity index (χ0n) is 12.0. The molecule has 0 saturated heterocycles. The van der Waals surface area contributed by atoms with Crippen molar-refractivity contribution in [3.63, 3.8) is 0 Å². The van der Waals surface area contributed by atoms with Gasteiger partial charge >= 0.3 is 5.97 Å². The molecule has 3 rings (SSSR count). The first kappa shape index (κ1) is 15.7. The average Bonchev–Trinajstić information content (AvgIpc) is 2.93. The molecule has 6 heteroatoms. The van der Waals surface area contributed by atoms with E-state index in [0.717, 1.165) is 0 Å². The van der Waals surface area contributed by atoms with E-state index in [1.165, 1.54) is 13.2 Å². The Balaban J connectivity index is 2.07. The van der Waals surface area contributed by atoms with Crippen LogP contribution in [0, 0.1) is 0 Å². The zero-order chi connectivity index (χ0) is 16.6. The lowest BCUT2D eigenvalue weighted by atomic mass is 9.96. The number of nitrogens with zero attached hydrogens (tertiary/aromatic N) is 1. The van der Waals surface area contributed by atoms with Crippen molar-refractivity contribution in [3.05, 3.63) is 69.2 Å². The third-order valence-corrected chi connectivity index (χ3v) is 4.14. The Morgan fingerprint density at radius 2 is 1.87 bits per heavy atom. The summed E-state index contributed by atoms with van der Waals surface area (Å²) in [5.74, 6) is -0.868. The van der Waals surface area contributed by atoms with E-state index >= 15 is 0 Å². The SMILES string of the molecule is COC(=O)C1=NC(C(=O)c2ccc(Cl)cc2Cl)c2ccccc21. The molecule has 2 aromatic carbocycles. The molecule has 1 unspecified atom stereocenters. The molecule has 1 heterocycles. The maximum atomic E-state index is 12.8. The summed E-state index contributed by atoms with van der Waals surface area (Å²) in [6, 6.07) is 10.9. The summed E-state index contributed by atoms with van der Waals surface area (Å²) >= 11 is 12.0. The molecule has 0 fully saturated rings. The van der Waals surface area contributed by atoms with Gasteiger partial charge in [0.05, 0.1) is 12.1 Å². The Kier molecular flexibility index (Phi) is 4.20. The van der Waals surface area contributed by atoms with Gasteiger partial charge in [-0.2, -0.15) is 0 Å². The number of halogens is 2. The van der Waals surface area contributed by atoms with Gasteiger partial charge in [0.25, 0.3) is 0 Å². The predicted octanol–water partition coefficient (Wildman–Crippen LogP) is 3.89. The molecule has 0 amide bonds. The van der Waals surface area contributed by atoms with Gasteiger partial charge in [0.2, 0.25) is 0 Å². The van der Waals surface area contributed by atoms with E-state index in [1.54, 1.807) is 36.4 Å². The number of ether oxygens (including phenoxy) is 1. The number of carbonyl (C=O) groups is 2. The third kappa shape index (κ3) is 2.76. The number of ketones is 1. The maximum absolute atomic E-state index is 12.8. The van der Waals surface area contributed by atoms with Crippen molar-refractivity contribution < 1.29 is 14.3 Å². The number of fused-ring (bicyclic) bond motifs is 1. The average molecular weight is 348 g/mol. The highest BCUT2D eigenvalue weighted by molar-refractivity contribution is 6.45. The lowest BCUT2D eigenvalue weighted by molar-refractivity contribution is -0.132. The summed E-state index contributed by atoms with van der Waals surface area (Å²) in [6.07, 6.45) is 0. The van der Waals surface area contributed by atoms with Crippen molar-refractivity contribution >= 4 is 40.7 Å². The monoisotopic (exact) mass is 347 g/mol. The molecular formula is C17H11Cl2NO3. The Morgan fingerprint density at radius 3 is 2.57 bits per heavy atom. The van der Waals surface area contributed by atoms with E-state index in [4.69, 9.17) is 27.9 Å². The minimum atomic E-state index is -0.820. The van der Waals surface area contributed by atoms with Crippen LogP contribution in [-0.2, 0) is 9.53 Å². The van der Waals surface area contributed by atoms with Gasteiger partial charge in [0.15, 0.2) is 11.5 Å². The standard InChI is InChI=1S/C17H11Cl2NO3/c1-23-17(22)15-11-5-3-2-4-10(11)14(20-15)16(21)12-7-6-9(18)8-13(12)19/h2-8,14H,1H3. The summed E-state index contributed by atoms with van der Waals surface area (Å²) in [7, 11) is 1.28. The summed E-state index contributed by atoms with van der Waals surface area (Å²) in [5, 5.41) is 0.693. The third-order valence-electron chi connectivity index (χ3n) is 3.59. The molecule has 0 saturated carbocycles. The summed E-state index contributed by atoms with van der Waals surface area (Å²) < 4.78 is 4.74. The molecule has 0 aliphatic carbocycles. The minimum Gasteiger partial charge on any atom is -0.464 e. The number of hydrogen-bond donors (Lipinski definition) is 0. The second-order valence-corrected chi connectivity index (χ2v) is 5.79. The molecule has 0 bridgehead atoms. The van der Waals surface area contributed by atoms with Crippen LogP contribution in [0.5, 0.6) is 0 Å². The van der Waals surface area contributed by atoms with Crippen molar-refractivity contribution in [2.24, 2.45) is 4.99 Å². The molecule has 1 aliphatic heterocycles. The summed E-state index contributed by atoms with van der Waals surface area (Å²) in [4.78, 5) is 29.0. The molecule has 116 valence electrons. The largest absolute Gasteiger partial charge is 0.464 e. The molecular weight excluding hydrogens is 337 g/mol. The molecule has 0 spiro atoms. The molecule has 0 N–H and O–H groups in total. The Hall–Kier alpha value is -2.17. The maximum Gasteiger partial charge on any atom is 0.356 e. The second kappa shape index (κ2) is 6.14. The normalized spacial score (nSPS) is 15.8. The Morgan fingerprint density at radius 1 is 1.13 bits per heavy atom. The number of rotatable bonds is 3. The molecule has 1 atom stereocenters. The van der Waals surface area contributed by atoms with Crippen molar-refractivity contribution in [3.8, 4) is 0 Å². The fraction of sp³-hybridized carbons (Fsp3) is 0.118. The fourth-order valence-corrected chi connectivity index (χ4v) is 3.02. The summed E-state index contributed by atoms with van der Waals surface area (Å²) in [6.45, 7) is 0. The number of benzene rings is 2. The van der Waals surface area contributed by atoms with E-state index in [-0.39, 0.29) is 16.5 Å². The smallest absolute Gasteiger partial charge is 0.356 e. The molecule has 0 radical (unpaired) electrons. The van der Waals surface area contributed by atoms with Crippen molar-refractivity contribution in [2.75, 3.05) is 7.11 Å². The fourth-order valence-electron chi connectivity index (χ4n) is 2.52. The van der Waals surface area contributed by atoms with Crippen LogP contribution in [0.25, 0.3) is 0 Å². The second-order valence-electron chi connectivity index (χ2n) is 4.95. The van der Waals surface area contributed by atoms with Crippen LogP contribution in [-0.4, -0.2) is 24.6 Å². The van der Waals surface area contributed by atoms with Crippen LogP contribution in [0.1, 0.15) is 27.5 Å². The molecule has 4 nitrogen and oxygen atoms in total. The number of Topliss-reactive ketones (excluding diaryl/α,β-unsaturated/α-hetero) is 1. The highest BCUT2D eigenvalue weighted by Gasteiger charge is 2.34. The number of carbonyl (C=O) groups excluding carboxylic acids is 2. The van der Waals surface area contributed by atoms with Gasteiger partial charge in [-0.1, -0.05) is 47.5 Å². The van der Waals surface area contributed by atoms with Crippen LogP contribution in [0.2, 0.25) is 10.0 Å². The highest BCUT2D eigenvalue weighted by atomic mass is 35.5.